The molecule has 7 heteroatoms. The Morgan fingerprint density at radius 2 is 1.90 bits per heavy atom. The molecule has 1 aliphatic rings. The van der Waals surface area contributed by atoms with Crippen LogP contribution in [0.1, 0.15) is 30.0 Å². The third-order valence-corrected chi connectivity index (χ3v) is 5.48. The van der Waals surface area contributed by atoms with Gasteiger partial charge in [-0.1, -0.05) is 30.3 Å². The molecule has 0 bridgehead atoms. The number of rotatable bonds is 5. The molecule has 1 aliphatic heterocycles. The van der Waals surface area contributed by atoms with E-state index < -0.39 is 0 Å². The second-order valence-corrected chi connectivity index (χ2v) is 7.28. The Labute approximate surface area is 188 Å². The number of nitrogens with zero attached hydrogens (tertiary/aromatic N) is 1. The van der Waals surface area contributed by atoms with Crippen LogP contribution < -0.4 is 10.6 Å². The largest absolute Gasteiger partial charge is 0.464 e. The molecule has 0 saturated carbocycles. The molecule has 2 N–H and O–H groups in total. The SMILES string of the molecule is Cl.Cl.c1ccc([C@@H]2NCCC[C@@H]2NCc2cc(-c3ncco3)cc3ccoc23)cc1. The molecule has 0 amide bonds. The topological polar surface area (TPSA) is 63.2 Å². The minimum absolute atomic E-state index is 0. The van der Waals surface area contributed by atoms with Crippen LogP contribution in [0.5, 0.6) is 0 Å². The number of benzene rings is 2. The maximum absolute atomic E-state index is 5.77. The number of fused-ring (bicyclic) bond motifs is 1. The Morgan fingerprint density at radius 3 is 2.70 bits per heavy atom. The summed E-state index contributed by atoms with van der Waals surface area (Å²) in [7, 11) is 0. The van der Waals surface area contributed by atoms with Gasteiger partial charge in [-0.15, -0.1) is 24.8 Å². The molecule has 2 aromatic carbocycles. The number of aromatic nitrogens is 1. The Kier molecular flexibility index (Phi) is 7.56. The second-order valence-electron chi connectivity index (χ2n) is 7.28. The Morgan fingerprint density at radius 1 is 1.03 bits per heavy atom. The lowest BCUT2D eigenvalue weighted by Gasteiger charge is -2.34. The van der Waals surface area contributed by atoms with Crippen LogP contribution in [-0.2, 0) is 6.54 Å². The maximum atomic E-state index is 5.77. The molecule has 3 heterocycles. The van der Waals surface area contributed by atoms with Gasteiger partial charge in [-0.25, -0.2) is 4.98 Å². The summed E-state index contributed by atoms with van der Waals surface area (Å²) in [5, 5.41) is 8.51. The lowest BCUT2D eigenvalue weighted by molar-refractivity contribution is 0.304. The highest BCUT2D eigenvalue weighted by Crippen LogP contribution is 2.29. The predicted octanol–water partition coefficient (Wildman–Crippen LogP) is 5.51. The predicted molar refractivity (Wildman–Crippen MR) is 123 cm³/mol. The van der Waals surface area contributed by atoms with Crippen molar-refractivity contribution in [3.05, 3.63) is 78.4 Å². The Balaban J connectivity index is 0.00000128. The van der Waals surface area contributed by atoms with Crippen molar-refractivity contribution >= 4 is 35.8 Å². The lowest BCUT2D eigenvalue weighted by atomic mass is 9.92. The van der Waals surface area contributed by atoms with Gasteiger partial charge >= 0.3 is 0 Å². The number of hydrogen-bond acceptors (Lipinski definition) is 5. The zero-order valence-corrected chi connectivity index (χ0v) is 18.0. The van der Waals surface area contributed by atoms with Crippen LogP contribution in [-0.4, -0.2) is 17.6 Å². The molecular weight excluding hydrogens is 421 g/mol. The van der Waals surface area contributed by atoms with E-state index in [1.54, 1.807) is 18.7 Å². The highest BCUT2D eigenvalue weighted by molar-refractivity contribution is 5.86. The molecule has 5 rings (SSSR count). The van der Waals surface area contributed by atoms with E-state index in [1.165, 1.54) is 12.0 Å². The summed E-state index contributed by atoms with van der Waals surface area (Å²) in [6, 6.07) is 17.5. The van der Waals surface area contributed by atoms with Crippen LogP contribution >= 0.6 is 24.8 Å². The van der Waals surface area contributed by atoms with E-state index in [0.29, 0.717) is 18.0 Å². The molecule has 1 fully saturated rings. The molecule has 1 saturated heterocycles. The number of hydrogen-bond donors (Lipinski definition) is 2. The van der Waals surface area contributed by atoms with Gasteiger partial charge in [-0.2, -0.15) is 0 Å². The van der Waals surface area contributed by atoms with Crippen molar-refractivity contribution < 1.29 is 8.83 Å². The fourth-order valence-corrected chi connectivity index (χ4v) is 4.14. The Hall–Kier alpha value is -2.31. The van der Waals surface area contributed by atoms with E-state index in [2.05, 4.69) is 58.1 Å². The van der Waals surface area contributed by atoms with Gasteiger partial charge < -0.3 is 19.5 Å². The van der Waals surface area contributed by atoms with Gasteiger partial charge in [0.15, 0.2) is 0 Å². The highest BCUT2D eigenvalue weighted by atomic mass is 35.5. The molecule has 0 radical (unpaired) electrons. The zero-order valence-electron chi connectivity index (χ0n) is 16.4. The molecule has 5 nitrogen and oxygen atoms in total. The van der Waals surface area contributed by atoms with Crippen LogP contribution in [0.4, 0.5) is 0 Å². The third-order valence-electron chi connectivity index (χ3n) is 5.48. The first kappa shape index (κ1) is 22.4. The first-order valence-electron chi connectivity index (χ1n) is 9.80. The molecule has 0 aliphatic carbocycles. The van der Waals surface area contributed by atoms with Gasteiger partial charge in [-0.05, 0) is 43.1 Å². The maximum Gasteiger partial charge on any atom is 0.225 e. The molecule has 4 aromatic rings. The average Bonchev–Trinajstić information content (AvgIpc) is 3.44. The van der Waals surface area contributed by atoms with E-state index >= 15 is 0 Å². The molecule has 0 unspecified atom stereocenters. The Bertz CT molecular complexity index is 1050. The van der Waals surface area contributed by atoms with Crippen molar-refractivity contribution in [1.29, 1.82) is 0 Å². The van der Waals surface area contributed by atoms with Gasteiger partial charge in [-0.3, -0.25) is 0 Å². The zero-order chi connectivity index (χ0) is 18.8. The van der Waals surface area contributed by atoms with E-state index in [-0.39, 0.29) is 24.8 Å². The number of piperidine rings is 1. The van der Waals surface area contributed by atoms with Crippen molar-refractivity contribution in [1.82, 2.24) is 15.6 Å². The minimum Gasteiger partial charge on any atom is -0.464 e. The minimum atomic E-state index is 0. The summed E-state index contributed by atoms with van der Waals surface area (Å²) >= 11 is 0. The van der Waals surface area contributed by atoms with E-state index in [9.17, 15) is 0 Å². The van der Waals surface area contributed by atoms with Crippen LogP contribution in [0.2, 0.25) is 0 Å². The van der Waals surface area contributed by atoms with E-state index in [4.69, 9.17) is 8.83 Å². The summed E-state index contributed by atoms with van der Waals surface area (Å²) in [4.78, 5) is 4.29. The summed E-state index contributed by atoms with van der Waals surface area (Å²) in [6.45, 7) is 1.79. The van der Waals surface area contributed by atoms with E-state index in [0.717, 1.165) is 41.6 Å². The number of halogens is 2. The van der Waals surface area contributed by atoms with Gasteiger partial charge in [0, 0.05) is 35.1 Å². The number of oxazole rings is 1. The van der Waals surface area contributed by atoms with Crippen molar-refractivity contribution in [3.8, 4) is 11.5 Å². The van der Waals surface area contributed by atoms with Crippen LogP contribution in [0.15, 0.2) is 76.1 Å². The van der Waals surface area contributed by atoms with Crippen molar-refractivity contribution in [2.75, 3.05) is 6.54 Å². The second kappa shape index (κ2) is 10.1. The monoisotopic (exact) mass is 445 g/mol. The first-order chi connectivity index (χ1) is 13.9. The van der Waals surface area contributed by atoms with Crippen LogP contribution in [0, 0.1) is 0 Å². The van der Waals surface area contributed by atoms with Gasteiger partial charge in [0.25, 0.3) is 0 Å². The van der Waals surface area contributed by atoms with Gasteiger partial charge in [0.05, 0.1) is 12.5 Å². The third kappa shape index (κ3) is 4.55. The smallest absolute Gasteiger partial charge is 0.225 e. The summed E-state index contributed by atoms with van der Waals surface area (Å²) in [5.41, 5.74) is 4.34. The van der Waals surface area contributed by atoms with Crippen molar-refractivity contribution in [3.63, 3.8) is 0 Å². The normalized spacial score (nSPS) is 18.5. The molecular formula is C23H25Cl2N3O2. The van der Waals surface area contributed by atoms with Gasteiger partial charge in [0.1, 0.15) is 11.8 Å². The molecule has 30 heavy (non-hydrogen) atoms. The summed E-state index contributed by atoms with van der Waals surface area (Å²) in [5.74, 6) is 0.630. The summed E-state index contributed by atoms with van der Waals surface area (Å²) < 4.78 is 11.3. The number of furan rings is 1. The van der Waals surface area contributed by atoms with Crippen molar-refractivity contribution in [2.45, 2.75) is 31.5 Å². The fraction of sp³-hybridized carbons (Fsp3) is 0.261. The average molecular weight is 446 g/mol. The highest BCUT2D eigenvalue weighted by Gasteiger charge is 2.26. The molecule has 158 valence electrons. The molecule has 2 aromatic heterocycles. The quantitative estimate of drug-likeness (QED) is 0.423. The first-order valence-corrected chi connectivity index (χ1v) is 9.80. The van der Waals surface area contributed by atoms with Crippen LogP contribution in [0.3, 0.4) is 0 Å². The van der Waals surface area contributed by atoms with E-state index in [1.807, 2.05) is 6.07 Å². The number of nitrogens with one attached hydrogen (secondary N) is 2. The van der Waals surface area contributed by atoms with Crippen LogP contribution in [0.25, 0.3) is 22.4 Å². The lowest BCUT2D eigenvalue weighted by Crippen LogP contribution is -2.45. The summed E-state index contributed by atoms with van der Waals surface area (Å²) in [6.07, 6.45) is 7.33. The fourth-order valence-electron chi connectivity index (χ4n) is 4.14. The molecule has 2 atom stereocenters. The van der Waals surface area contributed by atoms with Gasteiger partial charge in [0.2, 0.25) is 5.89 Å². The molecule has 0 spiro atoms. The van der Waals surface area contributed by atoms with Crippen molar-refractivity contribution in [2.24, 2.45) is 0 Å². The standard InChI is InChI=1S/C23H23N3O2.2ClH/c1-2-5-16(6-3-1)21-20(7-4-9-24-21)26-15-19-14-18(23-25-10-12-28-23)13-17-8-11-27-22(17)19;;/h1-3,5-6,8,10-14,20-21,24,26H,4,7,9,15H2;2*1H/t20-,21-;;/m0../s1.